The molecule has 25 heavy (non-hydrogen) atoms. The van der Waals surface area contributed by atoms with Crippen LogP contribution in [0, 0.1) is 17.0 Å². The summed E-state index contributed by atoms with van der Waals surface area (Å²) in [7, 11) is 0. The summed E-state index contributed by atoms with van der Waals surface area (Å²) < 4.78 is 5.36. The lowest BCUT2D eigenvalue weighted by atomic mass is 10.0. The summed E-state index contributed by atoms with van der Waals surface area (Å²) in [6.45, 7) is 6.98. The first-order valence-corrected chi connectivity index (χ1v) is 8.35. The number of benzene rings is 1. The quantitative estimate of drug-likeness (QED) is 0.663. The Balaban J connectivity index is 1.72. The van der Waals surface area contributed by atoms with Crippen LogP contribution in [0.15, 0.2) is 36.5 Å². The zero-order valence-electron chi connectivity index (χ0n) is 14.4. The minimum absolute atomic E-state index is 0.0818. The van der Waals surface area contributed by atoms with E-state index in [4.69, 9.17) is 4.74 Å². The fraction of sp³-hybridized carbons (Fsp3) is 0.389. The number of nitrogens with one attached hydrogen (secondary N) is 1. The normalized spacial score (nSPS) is 15.7. The number of anilines is 2. The molecule has 2 heterocycles. The van der Waals surface area contributed by atoms with E-state index in [1.54, 1.807) is 13.0 Å². The van der Waals surface area contributed by atoms with Crippen LogP contribution < -0.4 is 10.2 Å². The van der Waals surface area contributed by atoms with Crippen molar-refractivity contribution in [2.75, 3.05) is 36.5 Å². The van der Waals surface area contributed by atoms with Gasteiger partial charge < -0.3 is 15.0 Å². The second-order valence-electron chi connectivity index (χ2n) is 6.12. The van der Waals surface area contributed by atoms with E-state index in [2.05, 4.69) is 15.2 Å². The van der Waals surface area contributed by atoms with E-state index in [0.29, 0.717) is 5.56 Å². The van der Waals surface area contributed by atoms with E-state index in [0.717, 1.165) is 43.4 Å². The molecule has 0 spiro atoms. The summed E-state index contributed by atoms with van der Waals surface area (Å²) in [5, 5.41) is 14.4. The molecule has 2 aromatic rings. The van der Waals surface area contributed by atoms with Crippen molar-refractivity contribution in [2.45, 2.75) is 19.9 Å². The number of hydrogen-bond acceptors (Lipinski definition) is 6. The molecule has 1 unspecified atom stereocenters. The van der Waals surface area contributed by atoms with Crippen LogP contribution in [0.1, 0.15) is 24.1 Å². The van der Waals surface area contributed by atoms with E-state index >= 15 is 0 Å². The first-order valence-electron chi connectivity index (χ1n) is 8.35. The number of nitro groups is 1. The highest BCUT2D eigenvalue weighted by molar-refractivity contribution is 5.52. The standard InChI is InChI=1S/C18H22N4O3/c1-13-16(4-3-5-17(13)22(23)24)14(2)20-18-7-6-15(12-19-18)21-8-10-25-11-9-21/h3-7,12,14H,8-11H2,1-2H3,(H,19,20). The second kappa shape index (κ2) is 7.48. The molecule has 1 aliphatic rings. The number of nitro benzene ring substituents is 1. The molecule has 132 valence electrons. The Labute approximate surface area is 146 Å². The van der Waals surface area contributed by atoms with Crippen molar-refractivity contribution in [3.8, 4) is 0 Å². The molecule has 1 aromatic heterocycles. The van der Waals surface area contributed by atoms with Gasteiger partial charge in [-0.1, -0.05) is 12.1 Å². The Hall–Kier alpha value is -2.67. The van der Waals surface area contributed by atoms with Crippen LogP contribution in [0.4, 0.5) is 17.2 Å². The largest absolute Gasteiger partial charge is 0.378 e. The highest BCUT2D eigenvalue weighted by Crippen LogP contribution is 2.28. The summed E-state index contributed by atoms with van der Waals surface area (Å²) in [6, 6.07) is 9.04. The van der Waals surface area contributed by atoms with Gasteiger partial charge in [-0.2, -0.15) is 0 Å². The molecule has 1 N–H and O–H groups in total. The van der Waals surface area contributed by atoms with Gasteiger partial charge in [0, 0.05) is 24.7 Å². The first kappa shape index (κ1) is 17.2. The number of aromatic nitrogens is 1. The molecule has 0 saturated carbocycles. The number of nitrogens with zero attached hydrogens (tertiary/aromatic N) is 3. The van der Waals surface area contributed by atoms with Crippen molar-refractivity contribution < 1.29 is 9.66 Å². The van der Waals surface area contributed by atoms with Gasteiger partial charge in [-0.15, -0.1) is 0 Å². The van der Waals surface area contributed by atoms with Crippen LogP contribution >= 0.6 is 0 Å². The van der Waals surface area contributed by atoms with Crippen molar-refractivity contribution in [1.29, 1.82) is 0 Å². The van der Waals surface area contributed by atoms with Crippen molar-refractivity contribution in [3.63, 3.8) is 0 Å². The average molecular weight is 342 g/mol. The zero-order valence-corrected chi connectivity index (χ0v) is 14.4. The van der Waals surface area contributed by atoms with Crippen LogP contribution in [-0.2, 0) is 4.74 Å². The summed E-state index contributed by atoms with van der Waals surface area (Å²) in [5.74, 6) is 0.746. The molecule has 1 saturated heterocycles. The lowest BCUT2D eigenvalue weighted by Gasteiger charge is -2.28. The van der Waals surface area contributed by atoms with Crippen LogP contribution in [0.25, 0.3) is 0 Å². The molecule has 0 radical (unpaired) electrons. The Morgan fingerprint density at radius 3 is 2.68 bits per heavy atom. The molecule has 7 heteroatoms. The fourth-order valence-electron chi connectivity index (χ4n) is 3.09. The average Bonchev–Trinajstić information content (AvgIpc) is 2.63. The Kier molecular flexibility index (Phi) is 5.14. The third-order valence-corrected chi connectivity index (χ3v) is 4.50. The second-order valence-corrected chi connectivity index (χ2v) is 6.12. The Morgan fingerprint density at radius 2 is 2.04 bits per heavy atom. The van der Waals surface area contributed by atoms with Crippen molar-refractivity contribution in [2.24, 2.45) is 0 Å². The minimum atomic E-state index is -0.346. The smallest absolute Gasteiger partial charge is 0.272 e. The van der Waals surface area contributed by atoms with Gasteiger partial charge in [-0.3, -0.25) is 10.1 Å². The molecular weight excluding hydrogens is 320 g/mol. The highest BCUT2D eigenvalue weighted by atomic mass is 16.6. The van der Waals surface area contributed by atoms with Crippen LogP contribution in [-0.4, -0.2) is 36.2 Å². The lowest BCUT2D eigenvalue weighted by molar-refractivity contribution is -0.385. The molecule has 0 amide bonds. The van der Waals surface area contributed by atoms with Crippen LogP contribution in [0.2, 0.25) is 0 Å². The predicted octanol–water partition coefficient (Wildman–Crippen LogP) is 3.31. The van der Waals surface area contributed by atoms with Gasteiger partial charge in [0.05, 0.1) is 36.1 Å². The zero-order chi connectivity index (χ0) is 17.8. The number of ether oxygens (including phenoxy) is 1. The van der Waals surface area contributed by atoms with E-state index in [9.17, 15) is 10.1 Å². The number of pyridine rings is 1. The maximum atomic E-state index is 11.1. The van der Waals surface area contributed by atoms with Crippen LogP contribution in [0.3, 0.4) is 0 Å². The van der Waals surface area contributed by atoms with Gasteiger partial charge in [0.2, 0.25) is 0 Å². The Morgan fingerprint density at radius 1 is 1.28 bits per heavy atom. The summed E-state index contributed by atoms with van der Waals surface area (Å²) in [5.41, 5.74) is 2.79. The molecular formula is C18H22N4O3. The number of rotatable bonds is 5. The van der Waals surface area contributed by atoms with Gasteiger partial charge in [0.25, 0.3) is 5.69 Å². The molecule has 1 aliphatic heterocycles. The fourth-order valence-corrected chi connectivity index (χ4v) is 3.09. The molecule has 0 bridgehead atoms. The molecule has 1 atom stereocenters. The molecule has 7 nitrogen and oxygen atoms in total. The molecule has 1 fully saturated rings. The predicted molar refractivity (Wildman–Crippen MR) is 97.1 cm³/mol. The van der Waals surface area contributed by atoms with E-state index < -0.39 is 0 Å². The third-order valence-electron chi connectivity index (χ3n) is 4.50. The third kappa shape index (κ3) is 3.88. The number of hydrogen-bond donors (Lipinski definition) is 1. The van der Waals surface area contributed by atoms with Gasteiger partial charge in [-0.25, -0.2) is 4.98 Å². The lowest BCUT2D eigenvalue weighted by Crippen LogP contribution is -2.36. The van der Waals surface area contributed by atoms with Gasteiger partial charge in [-0.05, 0) is 31.5 Å². The summed E-state index contributed by atoms with van der Waals surface area (Å²) in [6.07, 6.45) is 1.85. The van der Waals surface area contributed by atoms with E-state index in [1.807, 2.05) is 31.3 Å². The van der Waals surface area contributed by atoms with Crippen LogP contribution in [0.5, 0.6) is 0 Å². The van der Waals surface area contributed by atoms with Crippen molar-refractivity contribution in [3.05, 3.63) is 57.8 Å². The van der Waals surface area contributed by atoms with Gasteiger partial charge in [0.15, 0.2) is 0 Å². The minimum Gasteiger partial charge on any atom is -0.378 e. The van der Waals surface area contributed by atoms with Gasteiger partial charge >= 0.3 is 0 Å². The first-order chi connectivity index (χ1) is 12.1. The summed E-state index contributed by atoms with van der Waals surface area (Å²) >= 11 is 0. The van der Waals surface area contributed by atoms with E-state index in [-0.39, 0.29) is 16.7 Å². The SMILES string of the molecule is Cc1c(C(C)Nc2ccc(N3CCOCC3)cn2)cccc1[N+](=O)[O-]. The highest BCUT2D eigenvalue weighted by Gasteiger charge is 2.17. The molecule has 0 aliphatic carbocycles. The van der Waals surface area contributed by atoms with E-state index in [1.165, 1.54) is 6.07 Å². The summed E-state index contributed by atoms with van der Waals surface area (Å²) in [4.78, 5) is 17.5. The monoisotopic (exact) mass is 342 g/mol. The van der Waals surface area contributed by atoms with Crippen molar-refractivity contribution >= 4 is 17.2 Å². The Bertz CT molecular complexity index is 742. The molecule has 1 aromatic carbocycles. The van der Waals surface area contributed by atoms with Gasteiger partial charge in [0.1, 0.15) is 5.82 Å². The maximum absolute atomic E-state index is 11.1. The maximum Gasteiger partial charge on any atom is 0.272 e. The number of morpholine rings is 1. The van der Waals surface area contributed by atoms with Crippen molar-refractivity contribution in [1.82, 2.24) is 4.98 Å². The topological polar surface area (TPSA) is 80.5 Å². The molecule has 3 rings (SSSR count).